The lowest BCUT2D eigenvalue weighted by molar-refractivity contribution is 0.182. The molecule has 0 spiro atoms. The zero-order valence-electron chi connectivity index (χ0n) is 16.2. The molecule has 1 aliphatic rings. The monoisotopic (exact) mass is 376 g/mol. The molecule has 0 saturated carbocycles. The molecule has 4 rings (SSSR count). The molecule has 3 aromatic rings. The van der Waals surface area contributed by atoms with E-state index in [1.165, 1.54) is 0 Å². The zero-order valence-corrected chi connectivity index (χ0v) is 16.2. The predicted octanol–water partition coefficient (Wildman–Crippen LogP) is 3.88. The summed E-state index contributed by atoms with van der Waals surface area (Å²) < 4.78 is 1.73. The average Bonchev–Trinajstić information content (AvgIpc) is 2.69. The van der Waals surface area contributed by atoms with E-state index in [2.05, 4.69) is 10.3 Å². The van der Waals surface area contributed by atoms with Gasteiger partial charge in [-0.05, 0) is 56.0 Å². The molecule has 6 heteroatoms. The number of urea groups is 1. The number of amides is 2. The van der Waals surface area contributed by atoms with E-state index in [9.17, 15) is 9.59 Å². The number of piperidine rings is 1. The number of nitrogens with one attached hydrogen (secondary N) is 1. The van der Waals surface area contributed by atoms with Crippen LogP contribution in [-0.2, 0) is 0 Å². The van der Waals surface area contributed by atoms with Gasteiger partial charge in [0.2, 0.25) is 0 Å². The van der Waals surface area contributed by atoms with E-state index in [0.717, 1.165) is 35.2 Å². The first kappa shape index (κ1) is 18.2. The van der Waals surface area contributed by atoms with Gasteiger partial charge < -0.3 is 10.2 Å². The molecule has 28 heavy (non-hydrogen) atoms. The second-order valence-corrected chi connectivity index (χ2v) is 7.45. The third-order valence-corrected chi connectivity index (χ3v) is 5.43. The smallest absolute Gasteiger partial charge is 0.321 e. The molecule has 144 valence electrons. The van der Waals surface area contributed by atoms with Crippen molar-refractivity contribution in [2.24, 2.45) is 0 Å². The number of aromatic nitrogens is 2. The van der Waals surface area contributed by atoms with Crippen molar-refractivity contribution in [2.75, 3.05) is 18.4 Å². The van der Waals surface area contributed by atoms with Crippen LogP contribution >= 0.6 is 0 Å². The summed E-state index contributed by atoms with van der Waals surface area (Å²) in [7, 11) is 0. The van der Waals surface area contributed by atoms with Gasteiger partial charge in [0.1, 0.15) is 0 Å². The Balaban J connectivity index is 1.45. The molecule has 1 aliphatic heterocycles. The summed E-state index contributed by atoms with van der Waals surface area (Å²) >= 11 is 0. The minimum absolute atomic E-state index is 0.00337. The Hall–Kier alpha value is -3.15. The Bertz CT molecular complexity index is 1080. The number of rotatable bonds is 2. The van der Waals surface area contributed by atoms with Crippen LogP contribution in [0.15, 0.2) is 53.6 Å². The maximum atomic E-state index is 12.9. The number of hydrogen-bond donors (Lipinski definition) is 1. The van der Waals surface area contributed by atoms with E-state index >= 15 is 0 Å². The number of nitrogens with zero attached hydrogens (tertiary/aromatic N) is 3. The number of hydrogen-bond acceptors (Lipinski definition) is 3. The quantitative estimate of drug-likeness (QED) is 0.738. The largest absolute Gasteiger partial charge is 0.324 e. The summed E-state index contributed by atoms with van der Waals surface area (Å²) in [6, 6.07) is 13.4. The maximum Gasteiger partial charge on any atom is 0.321 e. The molecular weight excluding hydrogens is 352 g/mol. The van der Waals surface area contributed by atoms with Crippen molar-refractivity contribution in [1.29, 1.82) is 0 Å². The minimum Gasteiger partial charge on any atom is -0.324 e. The normalized spacial score (nSPS) is 15.0. The molecule has 2 heterocycles. The van der Waals surface area contributed by atoms with Gasteiger partial charge in [0, 0.05) is 24.8 Å². The van der Waals surface area contributed by atoms with Gasteiger partial charge in [0.15, 0.2) is 0 Å². The van der Waals surface area contributed by atoms with E-state index in [1.54, 1.807) is 10.9 Å². The van der Waals surface area contributed by atoms with E-state index in [4.69, 9.17) is 0 Å². The van der Waals surface area contributed by atoms with Gasteiger partial charge in [-0.3, -0.25) is 9.36 Å². The van der Waals surface area contributed by atoms with Gasteiger partial charge in [0.05, 0.1) is 17.2 Å². The molecule has 0 aliphatic carbocycles. The number of benzene rings is 2. The van der Waals surface area contributed by atoms with Gasteiger partial charge in [-0.25, -0.2) is 9.78 Å². The molecule has 1 N–H and O–H groups in total. The van der Waals surface area contributed by atoms with Crippen LogP contribution < -0.4 is 10.9 Å². The lowest BCUT2D eigenvalue weighted by atomic mass is 10.0. The number of para-hydroxylation sites is 1. The standard InChI is InChI=1S/C22H24N4O2/c1-15-5-3-7-17(13-15)24-22(28)25-11-9-18(10-12-25)26-14-23-20-16(2)6-4-8-19(20)21(26)27/h3-8,13-14,18H,9-12H2,1-2H3,(H,24,28). The third-order valence-electron chi connectivity index (χ3n) is 5.43. The molecule has 2 amide bonds. The van der Waals surface area contributed by atoms with Crippen LogP contribution in [0.2, 0.25) is 0 Å². The highest BCUT2D eigenvalue weighted by atomic mass is 16.2. The second kappa shape index (κ2) is 7.46. The summed E-state index contributed by atoms with van der Waals surface area (Å²) in [6.45, 7) is 5.18. The first-order valence-corrected chi connectivity index (χ1v) is 9.62. The van der Waals surface area contributed by atoms with E-state index in [0.29, 0.717) is 18.5 Å². The van der Waals surface area contributed by atoms with Crippen LogP contribution in [0.5, 0.6) is 0 Å². The molecule has 1 saturated heterocycles. The zero-order chi connectivity index (χ0) is 19.7. The molecule has 6 nitrogen and oxygen atoms in total. The summed E-state index contributed by atoms with van der Waals surface area (Å²) in [5.41, 5.74) is 3.67. The molecule has 0 unspecified atom stereocenters. The molecule has 0 bridgehead atoms. The van der Waals surface area contributed by atoms with Gasteiger partial charge in [-0.15, -0.1) is 0 Å². The Morgan fingerprint density at radius 2 is 1.86 bits per heavy atom. The minimum atomic E-state index is -0.0938. The van der Waals surface area contributed by atoms with Crippen LogP contribution in [0.1, 0.15) is 30.0 Å². The van der Waals surface area contributed by atoms with Crippen molar-refractivity contribution in [3.8, 4) is 0 Å². The molecule has 0 atom stereocenters. The Morgan fingerprint density at radius 3 is 2.61 bits per heavy atom. The Kier molecular flexibility index (Phi) is 4.86. The van der Waals surface area contributed by atoms with Crippen molar-refractivity contribution in [1.82, 2.24) is 14.5 Å². The highest BCUT2D eigenvalue weighted by Gasteiger charge is 2.25. The highest BCUT2D eigenvalue weighted by Crippen LogP contribution is 2.23. The molecule has 0 radical (unpaired) electrons. The first-order valence-electron chi connectivity index (χ1n) is 9.62. The van der Waals surface area contributed by atoms with Crippen LogP contribution in [0, 0.1) is 13.8 Å². The average molecular weight is 376 g/mol. The molecular formula is C22H24N4O2. The fraction of sp³-hybridized carbons (Fsp3) is 0.318. The number of likely N-dealkylation sites (tertiary alicyclic amines) is 1. The van der Waals surface area contributed by atoms with Crippen LogP contribution in [-0.4, -0.2) is 33.6 Å². The van der Waals surface area contributed by atoms with Crippen molar-refractivity contribution < 1.29 is 4.79 Å². The number of fused-ring (bicyclic) bond motifs is 1. The number of anilines is 1. The SMILES string of the molecule is Cc1cccc(NC(=O)N2CCC(n3cnc4c(C)cccc4c3=O)CC2)c1. The molecule has 2 aromatic carbocycles. The number of aryl methyl sites for hydroxylation is 2. The van der Waals surface area contributed by atoms with Crippen LogP contribution in [0.3, 0.4) is 0 Å². The highest BCUT2D eigenvalue weighted by molar-refractivity contribution is 5.89. The fourth-order valence-corrected chi connectivity index (χ4v) is 3.85. The Morgan fingerprint density at radius 1 is 1.11 bits per heavy atom. The van der Waals surface area contributed by atoms with Gasteiger partial charge in [0.25, 0.3) is 5.56 Å². The fourth-order valence-electron chi connectivity index (χ4n) is 3.85. The van der Waals surface area contributed by atoms with E-state index < -0.39 is 0 Å². The van der Waals surface area contributed by atoms with Crippen molar-refractivity contribution >= 4 is 22.6 Å². The number of carbonyl (C=O) groups is 1. The second-order valence-electron chi connectivity index (χ2n) is 7.45. The van der Waals surface area contributed by atoms with Crippen LogP contribution in [0.4, 0.5) is 10.5 Å². The number of carbonyl (C=O) groups excluding carboxylic acids is 1. The summed E-state index contributed by atoms with van der Waals surface area (Å²) in [5.74, 6) is 0. The molecule has 1 aromatic heterocycles. The van der Waals surface area contributed by atoms with E-state index in [1.807, 2.05) is 61.2 Å². The topological polar surface area (TPSA) is 67.2 Å². The van der Waals surface area contributed by atoms with Gasteiger partial charge in [-0.2, -0.15) is 0 Å². The Labute approximate surface area is 163 Å². The van der Waals surface area contributed by atoms with Gasteiger partial charge in [-0.1, -0.05) is 24.3 Å². The third kappa shape index (κ3) is 3.50. The van der Waals surface area contributed by atoms with Crippen LogP contribution in [0.25, 0.3) is 10.9 Å². The first-order chi connectivity index (χ1) is 13.5. The summed E-state index contributed by atoms with van der Waals surface area (Å²) in [5, 5.41) is 3.61. The maximum absolute atomic E-state index is 12.9. The predicted molar refractivity (Wildman–Crippen MR) is 111 cm³/mol. The van der Waals surface area contributed by atoms with Crippen molar-refractivity contribution in [2.45, 2.75) is 32.7 Å². The summed E-state index contributed by atoms with van der Waals surface area (Å²) in [6.07, 6.45) is 3.13. The molecule has 1 fully saturated rings. The lowest BCUT2D eigenvalue weighted by Gasteiger charge is -2.32. The van der Waals surface area contributed by atoms with Gasteiger partial charge >= 0.3 is 6.03 Å². The van der Waals surface area contributed by atoms with Crippen molar-refractivity contribution in [3.63, 3.8) is 0 Å². The summed E-state index contributed by atoms with van der Waals surface area (Å²) in [4.78, 5) is 31.7. The lowest BCUT2D eigenvalue weighted by Crippen LogP contribution is -2.42. The van der Waals surface area contributed by atoms with Crippen molar-refractivity contribution in [3.05, 3.63) is 70.3 Å². The van der Waals surface area contributed by atoms with E-state index in [-0.39, 0.29) is 17.6 Å².